The van der Waals surface area contributed by atoms with Crippen molar-refractivity contribution in [2.75, 3.05) is 0 Å². The summed E-state index contributed by atoms with van der Waals surface area (Å²) in [6.07, 6.45) is -5.13. The third-order valence-corrected chi connectivity index (χ3v) is 3.82. The molecule has 1 atom stereocenters. The Hall–Kier alpha value is -2.65. The summed E-state index contributed by atoms with van der Waals surface area (Å²) in [7, 11) is 0. The summed E-state index contributed by atoms with van der Waals surface area (Å²) in [5.74, 6) is -4.69. The molecule has 6 nitrogen and oxygen atoms in total. The van der Waals surface area contributed by atoms with E-state index < -0.39 is 47.3 Å². The van der Waals surface area contributed by atoms with Crippen LogP contribution in [0.4, 0.5) is 17.6 Å². The summed E-state index contributed by atoms with van der Waals surface area (Å²) >= 11 is 0. The van der Waals surface area contributed by atoms with Crippen molar-refractivity contribution in [2.24, 2.45) is 0 Å². The number of amides is 3. The first-order chi connectivity index (χ1) is 11.2. The van der Waals surface area contributed by atoms with Crippen LogP contribution in [0.1, 0.15) is 28.8 Å². The molecule has 1 saturated heterocycles. The van der Waals surface area contributed by atoms with Gasteiger partial charge >= 0.3 is 6.36 Å². The number of alkyl halides is 3. The van der Waals surface area contributed by atoms with E-state index in [1.54, 1.807) is 0 Å². The maximum Gasteiger partial charge on any atom is 0.573 e. The van der Waals surface area contributed by atoms with Crippen molar-refractivity contribution in [1.82, 2.24) is 10.2 Å². The van der Waals surface area contributed by atoms with E-state index in [9.17, 15) is 31.9 Å². The molecule has 0 aliphatic carbocycles. The van der Waals surface area contributed by atoms with Crippen molar-refractivity contribution in [3.05, 3.63) is 29.1 Å². The highest BCUT2D eigenvalue weighted by molar-refractivity contribution is 6.06. The highest BCUT2D eigenvalue weighted by atomic mass is 19.4. The molecule has 0 bridgehead atoms. The molecule has 0 radical (unpaired) electrons. The van der Waals surface area contributed by atoms with Crippen LogP contribution in [-0.2, 0) is 16.1 Å². The average molecular weight is 346 g/mol. The molecular weight excluding hydrogens is 336 g/mol. The molecule has 2 aliphatic heterocycles. The summed E-state index contributed by atoms with van der Waals surface area (Å²) < 4.78 is 54.7. The van der Waals surface area contributed by atoms with Gasteiger partial charge in [-0.2, -0.15) is 0 Å². The number of benzene rings is 1. The molecule has 24 heavy (non-hydrogen) atoms. The molecule has 1 aromatic carbocycles. The molecular formula is C14H10F4N2O4. The van der Waals surface area contributed by atoms with Crippen molar-refractivity contribution in [1.29, 1.82) is 0 Å². The SMILES string of the molecule is O=C1CCC(N2Cc3ccc(F)c(OC(F)(F)F)c3C2=O)C(=O)N1. The normalized spacial score (nSPS) is 20.9. The number of imide groups is 1. The molecule has 2 heterocycles. The van der Waals surface area contributed by atoms with Crippen molar-refractivity contribution < 1.29 is 36.7 Å². The largest absolute Gasteiger partial charge is 0.573 e. The number of hydrogen-bond donors (Lipinski definition) is 1. The molecule has 1 fully saturated rings. The zero-order valence-corrected chi connectivity index (χ0v) is 11.9. The molecule has 1 unspecified atom stereocenters. The van der Waals surface area contributed by atoms with Gasteiger partial charge in [0, 0.05) is 13.0 Å². The minimum absolute atomic E-state index is 0.00317. The summed E-state index contributed by atoms with van der Waals surface area (Å²) in [6, 6.07) is 0.920. The molecule has 0 saturated carbocycles. The third kappa shape index (κ3) is 2.79. The number of carbonyl (C=O) groups is 3. The lowest BCUT2D eigenvalue weighted by atomic mass is 10.0. The van der Waals surface area contributed by atoms with E-state index in [4.69, 9.17) is 0 Å². The smallest absolute Gasteiger partial charge is 0.402 e. The van der Waals surface area contributed by atoms with E-state index >= 15 is 0 Å². The number of nitrogens with zero attached hydrogens (tertiary/aromatic N) is 1. The van der Waals surface area contributed by atoms with E-state index in [2.05, 4.69) is 10.1 Å². The van der Waals surface area contributed by atoms with Crippen LogP contribution < -0.4 is 10.1 Å². The second-order valence-electron chi connectivity index (χ2n) is 5.36. The number of ether oxygens (including phenoxy) is 1. The van der Waals surface area contributed by atoms with Gasteiger partial charge in [-0.3, -0.25) is 19.7 Å². The molecule has 3 amide bonds. The summed E-state index contributed by atoms with van der Waals surface area (Å²) in [5, 5.41) is 2.06. The van der Waals surface area contributed by atoms with Crippen LogP contribution in [0.25, 0.3) is 0 Å². The second-order valence-corrected chi connectivity index (χ2v) is 5.36. The number of hydrogen-bond acceptors (Lipinski definition) is 4. The molecule has 128 valence electrons. The first-order valence-corrected chi connectivity index (χ1v) is 6.89. The van der Waals surface area contributed by atoms with Crippen LogP contribution in [0.15, 0.2) is 12.1 Å². The Bertz CT molecular complexity index is 747. The molecule has 1 aromatic rings. The minimum Gasteiger partial charge on any atom is -0.402 e. The zero-order chi connectivity index (χ0) is 17.6. The number of nitrogens with one attached hydrogen (secondary N) is 1. The average Bonchev–Trinajstić information content (AvgIpc) is 2.78. The van der Waals surface area contributed by atoms with Gasteiger partial charge in [-0.15, -0.1) is 13.2 Å². The molecule has 2 aliphatic rings. The molecule has 0 spiro atoms. The van der Waals surface area contributed by atoms with Gasteiger partial charge in [0.25, 0.3) is 5.91 Å². The maximum atomic E-state index is 13.7. The van der Waals surface area contributed by atoms with E-state index in [0.717, 1.165) is 17.0 Å². The van der Waals surface area contributed by atoms with Crippen molar-refractivity contribution in [2.45, 2.75) is 31.8 Å². The van der Waals surface area contributed by atoms with Gasteiger partial charge in [0.15, 0.2) is 11.6 Å². The van der Waals surface area contributed by atoms with Crippen LogP contribution >= 0.6 is 0 Å². The predicted octanol–water partition coefficient (Wildman–Crippen LogP) is 1.49. The number of fused-ring (bicyclic) bond motifs is 1. The minimum atomic E-state index is -5.17. The van der Waals surface area contributed by atoms with Gasteiger partial charge in [-0.1, -0.05) is 6.07 Å². The van der Waals surface area contributed by atoms with Crippen LogP contribution in [0.2, 0.25) is 0 Å². The standard InChI is InChI=1S/C14H10F4N2O4/c15-7-2-1-6-5-20(8-3-4-9(21)19-12(8)22)13(23)10(6)11(7)24-14(16,17)18/h1-2,8H,3-5H2,(H,19,21,22). The van der Waals surface area contributed by atoms with E-state index in [1.165, 1.54) is 0 Å². The van der Waals surface area contributed by atoms with Gasteiger partial charge < -0.3 is 9.64 Å². The predicted molar refractivity (Wildman–Crippen MR) is 69.1 cm³/mol. The summed E-state index contributed by atoms with van der Waals surface area (Å²) in [4.78, 5) is 36.5. The van der Waals surface area contributed by atoms with Crippen molar-refractivity contribution >= 4 is 17.7 Å². The lowest BCUT2D eigenvalue weighted by Gasteiger charge is -2.29. The number of carbonyl (C=O) groups excluding carboxylic acids is 3. The molecule has 10 heteroatoms. The van der Waals surface area contributed by atoms with Gasteiger partial charge in [-0.25, -0.2) is 4.39 Å². The van der Waals surface area contributed by atoms with Gasteiger partial charge in [0.2, 0.25) is 11.8 Å². The Morgan fingerprint density at radius 2 is 1.92 bits per heavy atom. The fraction of sp³-hybridized carbons (Fsp3) is 0.357. The molecule has 1 N–H and O–H groups in total. The van der Waals surface area contributed by atoms with Crippen molar-refractivity contribution in [3.8, 4) is 5.75 Å². The maximum absolute atomic E-state index is 13.7. The zero-order valence-electron chi connectivity index (χ0n) is 11.9. The lowest BCUT2D eigenvalue weighted by Crippen LogP contribution is -2.52. The van der Waals surface area contributed by atoms with Crippen LogP contribution in [-0.4, -0.2) is 35.0 Å². The van der Waals surface area contributed by atoms with Gasteiger partial charge in [0.05, 0.1) is 5.56 Å². The fourth-order valence-corrected chi connectivity index (χ4v) is 2.81. The highest BCUT2D eigenvalue weighted by Gasteiger charge is 2.43. The number of halogens is 4. The van der Waals surface area contributed by atoms with E-state index in [0.29, 0.717) is 0 Å². The van der Waals surface area contributed by atoms with Crippen LogP contribution in [0.3, 0.4) is 0 Å². The fourth-order valence-electron chi connectivity index (χ4n) is 2.81. The topological polar surface area (TPSA) is 75.7 Å². The van der Waals surface area contributed by atoms with E-state index in [1.807, 2.05) is 0 Å². The Balaban J connectivity index is 1.95. The van der Waals surface area contributed by atoms with Crippen molar-refractivity contribution in [3.63, 3.8) is 0 Å². The summed E-state index contributed by atoms with van der Waals surface area (Å²) in [5.41, 5.74) is -0.442. The Morgan fingerprint density at radius 1 is 1.21 bits per heavy atom. The highest BCUT2D eigenvalue weighted by Crippen LogP contribution is 2.37. The number of rotatable bonds is 2. The monoisotopic (exact) mass is 346 g/mol. The Kier molecular flexibility index (Phi) is 3.69. The second kappa shape index (κ2) is 5.46. The molecule has 0 aromatic heterocycles. The first-order valence-electron chi connectivity index (χ1n) is 6.89. The summed E-state index contributed by atoms with van der Waals surface area (Å²) in [6.45, 7) is -0.172. The Morgan fingerprint density at radius 3 is 2.54 bits per heavy atom. The first kappa shape index (κ1) is 16.2. The Labute approximate surface area is 132 Å². The van der Waals surface area contributed by atoms with Gasteiger partial charge in [-0.05, 0) is 18.1 Å². The van der Waals surface area contributed by atoms with Crippen LogP contribution in [0, 0.1) is 5.82 Å². The molecule has 3 rings (SSSR count). The third-order valence-electron chi connectivity index (χ3n) is 3.82. The van der Waals surface area contributed by atoms with Gasteiger partial charge in [0.1, 0.15) is 6.04 Å². The quantitative estimate of drug-likeness (QED) is 0.650. The van der Waals surface area contributed by atoms with E-state index in [-0.39, 0.29) is 24.9 Å². The van der Waals surface area contributed by atoms with Crippen LogP contribution in [0.5, 0.6) is 5.75 Å². The lowest BCUT2D eigenvalue weighted by molar-refractivity contribution is -0.275. The number of piperidine rings is 1.